The SMILES string of the molecule is C=C[Si](C)(OCC)OCC(CC)CCCC. The van der Waals surface area contributed by atoms with E-state index in [1.807, 2.05) is 12.6 Å². The molecule has 0 bridgehead atoms. The molecule has 0 radical (unpaired) electrons. The Labute approximate surface area is 102 Å². The van der Waals surface area contributed by atoms with Crippen molar-refractivity contribution in [3.8, 4) is 0 Å². The molecule has 0 aliphatic rings. The molecule has 96 valence electrons. The van der Waals surface area contributed by atoms with Gasteiger partial charge in [0.15, 0.2) is 0 Å². The zero-order valence-corrected chi connectivity index (χ0v) is 12.4. The Kier molecular flexibility index (Phi) is 8.90. The molecule has 0 saturated heterocycles. The lowest BCUT2D eigenvalue weighted by Gasteiger charge is -2.25. The van der Waals surface area contributed by atoms with Crippen molar-refractivity contribution in [2.24, 2.45) is 5.92 Å². The molecule has 16 heavy (non-hydrogen) atoms. The van der Waals surface area contributed by atoms with E-state index in [0.29, 0.717) is 12.5 Å². The third-order valence-corrected chi connectivity index (χ3v) is 5.29. The molecule has 0 fully saturated rings. The van der Waals surface area contributed by atoms with E-state index in [1.165, 1.54) is 25.7 Å². The van der Waals surface area contributed by atoms with Crippen LogP contribution in [-0.2, 0) is 8.85 Å². The van der Waals surface area contributed by atoms with Gasteiger partial charge in [-0.15, -0.1) is 6.58 Å². The summed E-state index contributed by atoms with van der Waals surface area (Å²) in [5.41, 5.74) is 1.88. The van der Waals surface area contributed by atoms with Gasteiger partial charge in [0, 0.05) is 13.2 Å². The highest BCUT2D eigenvalue weighted by Crippen LogP contribution is 2.17. The molecule has 2 nitrogen and oxygen atoms in total. The van der Waals surface area contributed by atoms with E-state index in [-0.39, 0.29) is 0 Å². The number of hydrogen-bond acceptors (Lipinski definition) is 2. The van der Waals surface area contributed by atoms with Crippen molar-refractivity contribution in [1.82, 2.24) is 0 Å². The maximum Gasteiger partial charge on any atom is 0.361 e. The van der Waals surface area contributed by atoms with Gasteiger partial charge in [-0.1, -0.05) is 33.1 Å². The summed E-state index contributed by atoms with van der Waals surface area (Å²) in [4.78, 5) is 0. The summed E-state index contributed by atoms with van der Waals surface area (Å²) in [6.45, 7) is 13.9. The van der Waals surface area contributed by atoms with Gasteiger partial charge in [-0.3, -0.25) is 0 Å². The van der Waals surface area contributed by atoms with Crippen molar-refractivity contribution in [1.29, 1.82) is 0 Å². The van der Waals surface area contributed by atoms with E-state index in [4.69, 9.17) is 8.85 Å². The zero-order chi connectivity index (χ0) is 12.4. The van der Waals surface area contributed by atoms with Crippen molar-refractivity contribution in [2.45, 2.75) is 53.0 Å². The van der Waals surface area contributed by atoms with Crippen molar-refractivity contribution >= 4 is 8.56 Å². The van der Waals surface area contributed by atoms with E-state index in [1.54, 1.807) is 0 Å². The molecule has 0 heterocycles. The Morgan fingerprint density at radius 1 is 1.25 bits per heavy atom. The Bertz CT molecular complexity index is 185. The first-order chi connectivity index (χ1) is 7.61. The summed E-state index contributed by atoms with van der Waals surface area (Å²) in [6, 6.07) is 0. The van der Waals surface area contributed by atoms with Gasteiger partial charge >= 0.3 is 8.56 Å². The van der Waals surface area contributed by atoms with Crippen molar-refractivity contribution in [3.05, 3.63) is 12.3 Å². The second-order valence-corrected chi connectivity index (χ2v) is 7.40. The summed E-state index contributed by atoms with van der Waals surface area (Å²) < 4.78 is 11.6. The maximum absolute atomic E-state index is 5.97. The molecule has 2 unspecified atom stereocenters. The third-order valence-electron chi connectivity index (χ3n) is 2.95. The highest BCUT2D eigenvalue weighted by atomic mass is 28.4. The molecule has 0 saturated carbocycles. The van der Waals surface area contributed by atoms with Crippen molar-refractivity contribution in [3.63, 3.8) is 0 Å². The highest BCUT2D eigenvalue weighted by molar-refractivity contribution is 6.71. The Morgan fingerprint density at radius 3 is 2.38 bits per heavy atom. The fourth-order valence-corrected chi connectivity index (χ4v) is 3.09. The van der Waals surface area contributed by atoms with Gasteiger partial charge < -0.3 is 8.85 Å². The Morgan fingerprint density at radius 2 is 1.94 bits per heavy atom. The van der Waals surface area contributed by atoms with Crippen LogP contribution in [0.4, 0.5) is 0 Å². The van der Waals surface area contributed by atoms with Gasteiger partial charge in [-0.25, -0.2) is 0 Å². The molecule has 0 aromatic carbocycles. The molecule has 0 spiro atoms. The second-order valence-electron chi connectivity index (χ2n) is 4.38. The standard InChI is InChI=1S/C13H28O2Si/c1-6-10-11-13(7-2)12-15-16(5,9-4)14-8-3/h9,13H,4,6-8,10-12H2,1-3,5H3. The first kappa shape index (κ1) is 15.9. The fraction of sp³-hybridized carbons (Fsp3) is 0.846. The van der Waals surface area contributed by atoms with E-state index >= 15 is 0 Å². The number of rotatable bonds is 10. The highest BCUT2D eigenvalue weighted by Gasteiger charge is 2.27. The topological polar surface area (TPSA) is 18.5 Å². The predicted molar refractivity (Wildman–Crippen MR) is 72.7 cm³/mol. The van der Waals surface area contributed by atoms with E-state index in [0.717, 1.165) is 6.61 Å². The minimum atomic E-state index is -2.08. The quantitative estimate of drug-likeness (QED) is 0.540. The lowest BCUT2D eigenvalue weighted by molar-refractivity contribution is 0.157. The van der Waals surface area contributed by atoms with Gasteiger partial charge in [0.2, 0.25) is 0 Å². The van der Waals surface area contributed by atoms with E-state index in [2.05, 4.69) is 27.0 Å². The first-order valence-electron chi connectivity index (χ1n) is 6.53. The van der Waals surface area contributed by atoms with Crippen LogP contribution in [0.3, 0.4) is 0 Å². The molecule has 0 amide bonds. The van der Waals surface area contributed by atoms with E-state index < -0.39 is 8.56 Å². The monoisotopic (exact) mass is 244 g/mol. The molecule has 0 rings (SSSR count). The van der Waals surface area contributed by atoms with Gasteiger partial charge in [0.05, 0.1) is 0 Å². The summed E-state index contributed by atoms with van der Waals surface area (Å²) in [7, 11) is -2.08. The minimum Gasteiger partial charge on any atom is -0.392 e. The van der Waals surface area contributed by atoms with Gasteiger partial charge in [-0.2, -0.15) is 0 Å². The first-order valence-corrected chi connectivity index (χ1v) is 8.92. The molecule has 3 heteroatoms. The lowest BCUT2D eigenvalue weighted by atomic mass is 10.0. The maximum atomic E-state index is 5.97. The molecule has 0 aliphatic carbocycles. The lowest BCUT2D eigenvalue weighted by Crippen LogP contribution is -2.38. The molecule has 0 aromatic heterocycles. The predicted octanol–water partition coefficient (Wildman–Crippen LogP) is 4.05. The van der Waals surface area contributed by atoms with Crippen LogP contribution in [-0.4, -0.2) is 21.8 Å². The zero-order valence-electron chi connectivity index (χ0n) is 11.4. The van der Waals surface area contributed by atoms with Crippen LogP contribution in [0.2, 0.25) is 6.55 Å². The van der Waals surface area contributed by atoms with Gasteiger partial charge in [0.25, 0.3) is 0 Å². The third kappa shape index (κ3) is 6.46. The smallest absolute Gasteiger partial charge is 0.361 e. The van der Waals surface area contributed by atoms with Crippen molar-refractivity contribution in [2.75, 3.05) is 13.2 Å². The van der Waals surface area contributed by atoms with Gasteiger partial charge in [-0.05, 0) is 31.5 Å². The van der Waals surface area contributed by atoms with Crippen LogP contribution in [0.5, 0.6) is 0 Å². The van der Waals surface area contributed by atoms with Crippen LogP contribution < -0.4 is 0 Å². The number of hydrogen-bond donors (Lipinski definition) is 0. The Balaban J connectivity index is 4.01. The largest absolute Gasteiger partial charge is 0.392 e. The molecule has 0 aromatic rings. The van der Waals surface area contributed by atoms with Crippen LogP contribution in [0.15, 0.2) is 12.3 Å². The van der Waals surface area contributed by atoms with Crippen LogP contribution in [0, 0.1) is 5.92 Å². The molecular weight excluding hydrogens is 216 g/mol. The minimum absolute atomic E-state index is 0.673. The average Bonchev–Trinajstić information content (AvgIpc) is 2.30. The molecule has 0 N–H and O–H groups in total. The van der Waals surface area contributed by atoms with Gasteiger partial charge in [0.1, 0.15) is 0 Å². The summed E-state index contributed by atoms with van der Waals surface area (Å²) in [5.74, 6) is 0.673. The Hall–Kier alpha value is -0.123. The van der Waals surface area contributed by atoms with Crippen molar-refractivity contribution < 1.29 is 8.85 Å². The van der Waals surface area contributed by atoms with Crippen LogP contribution in [0.25, 0.3) is 0 Å². The second kappa shape index (κ2) is 8.96. The summed E-state index contributed by atoms with van der Waals surface area (Å²) in [6.07, 6.45) is 5.01. The number of unbranched alkanes of at least 4 members (excludes halogenated alkanes) is 1. The van der Waals surface area contributed by atoms with Crippen LogP contribution in [0.1, 0.15) is 46.5 Å². The fourth-order valence-electron chi connectivity index (χ4n) is 1.63. The average molecular weight is 244 g/mol. The summed E-state index contributed by atoms with van der Waals surface area (Å²) >= 11 is 0. The van der Waals surface area contributed by atoms with Crippen LogP contribution >= 0.6 is 0 Å². The molecule has 0 aliphatic heterocycles. The summed E-state index contributed by atoms with van der Waals surface area (Å²) in [5, 5.41) is 0. The molecular formula is C13H28O2Si. The van der Waals surface area contributed by atoms with E-state index in [9.17, 15) is 0 Å². The normalized spacial score (nSPS) is 16.8. The molecule has 2 atom stereocenters.